The highest BCUT2D eigenvalue weighted by molar-refractivity contribution is 7.89. The fourth-order valence-corrected chi connectivity index (χ4v) is 6.31. The summed E-state index contributed by atoms with van der Waals surface area (Å²) in [5, 5.41) is 5.81. The van der Waals surface area contributed by atoms with Crippen LogP contribution in [-0.2, 0) is 27.7 Å². The highest BCUT2D eigenvalue weighted by atomic mass is 32.2. The van der Waals surface area contributed by atoms with Crippen molar-refractivity contribution in [2.45, 2.75) is 32.1 Å². The number of carbonyl (C=O) groups is 2. The van der Waals surface area contributed by atoms with Crippen LogP contribution < -0.4 is 10.6 Å². The molecule has 1 aliphatic heterocycles. The molecule has 3 aromatic carbocycles. The number of piperidine rings is 1. The summed E-state index contributed by atoms with van der Waals surface area (Å²) >= 11 is 0. The summed E-state index contributed by atoms with van der Waals surface area (Å²) in [5.41, 5.74) is 3.06. The topological polar surface area (TPSA) is 95.6 Å². The third-order valence-electron chi connectivity index (χ3n) is 6.83. The predicted octanol–water partition coefficient (Wildman–Crippen LogP) is 4.27. The van der Waals surface area contributed by atoms with Gasteiger partial charge in [0.1, 0.15) is 0 Å². The number of hydrogen-bond donors (Lipinski definition) is 2. The zero-order chi connectivity index (χ0) is 26.8. The number of rotatable bonds is 11. The van der Waals surface area contributed by atoms with Gasteiger partial charge in [-0.3, -0.25) is 9.59 Å². The summed E-state index contributed by atoms with van der Waals surface area (Å²) in [4.78, 5) is 26.0. The second-order valence-corrected chi connectivity index (χ2v) is 11.7. The van der Waals surface area contributed by atoms with Crippen LogP contribution in [0.4, 0.5) is 5.69 Å². The van der Waals surface area contributed by atoms with Crippen LogP contribution >= 0.6 is 0 Å². The number of benzene rings is 3. The Hall–Kier alpha value is -3.49. The summed E-state index contributed by atoms with van der Waals surface area (Å²) in [6.45, 7) is 1.06. The minimum absolute atomic E-state index is 0.0578. The first-order chi connectivity index (χ1) is 18.4. The van der Waals surface area contributed by atoms with Crippen LogP contribution in [0, 0.1) is 5.92 Å². The lowest BCUT2D eigenvalue weighted by atomic mass is 9.98. The van der Waals surface area contributed by atoms with Crippen molar-refractivity contribution >= 4 is 27.5 Å². The number of nitrogens with zero attached hydrogens (tertiary/aromatic N) is 1. The van der Waals surface area contributed by atoms with Crippen molar-refractivity contribution in [3.05, 3.63) is 102 Å². The van der Waals surface area contributed by atoms with Crippen molar-refractivity contribution in [3.63, 3.8) is 0 Å². The van der Waals surface area contributed by atoms with Crippen molar-refractivity contribution in [2.75, 3.05) is 30.7 Å². The molecule has 3 aromatic rings. The number of aryl methyl sites for hydroxylation is 1. The summed E-state index contributed by atoms with van der Waals surface area (Å²) in [6.07, 6.45) is 3.16. The lowest BCUT2D eigenvalue weighted by Gasteiger charge is -2.31. The fraction of sp³-hybridized carbons (Fsp3) is 0.333. The molecule has 0 unspecified atom stereocenters. The first-order valence-electron chi connectivity index (χ1n) is 13.2. The quantitative estimate of drug-likeness (QED) is 0.385. The molecule has 0 saturated carbocycles. The first-order valence-corrected chi connectivity index (χ1v) is 14.8. The van der Waals surface area contributed by atoms with Crippen LogP contribution in [0.1, 0.15) is 40.7 Å². The van der Waals surface area contributed by atoms with Gasteiger partial charge in [-0.25, -0.2) is 12.7 Å². The van der Waals surface area contributed by atoms with E-state index in [4.69, 9.17) is 0 Å². The van der Waals surface area contributed by atoms with Crippen molar-refractivity contribution in [3.8, 4) is 0 Å². The zero-order valence-corrected chi connectivity index (χ0v) is 22.3. The number of sulfonamides is 1. The lowest BCUT2D eigenvalue weighted by Crippen LogP contribution is -2.44. The first kappa shape index (κ1) is 27.5. The van der Waals surface area contributed by atoms with Crippen LogP contribution in [0.5, 0.6) is 0 Å². The molecule has 2 amide bonds. The molecule has 0 radical (unpaired) electrons. The van der Waals surface area contributed by atoms with Crippen LogP contribution in [0.15, 0.2) is 84.9 Å². The number of nitrogens with one attached hydrogen (secondary N) is 2. The van der Waals surface area contributed by atoms with E-state index < -0.39 is 15.9 Å². The van der Waals surface area contributed by atoms with Gasteiger partial charge in [0, 0.05) is 19.6 Å². The Bertz CT molecular complexity index is 1310. The van der Waals surface area contributed by atoms with Crippen LogP contribution in [-0.4, -0.2) is 49.9 Å². The molecule has 0 spiro atoms. The molecule has 38 heavy (non-hydrogen) atoms. The Labute approximate surface area is 225 Å². The molecule has 0 bridgehead atoms. The van der Waals surface area contributed by atoms with E-state index in [1.807, 2.05) is 60.7 Å². The van der Waals surface area contributed by atoms with Gasteiger partial charge >= 0.3 is 0 Å². The van der Waals surface area contributed by atoms with Gasteiger partial charge in [-0.2, -0.15) is 0 Å². The molecular formula is C30H35N3O4S. The largest absolute Gasteiger partial charge is 0.352 e. The van der Waals surface area contributed by atoms with E-state index in [-0.39, 0.29) is 24.1 Å². The molecule has 7 nitrogen and oxygen atoms in total. The molecule has 1 atom stereocenters. The number of hydrogen-bond acceptors (Lipinski definition) is 4. The van der Waals surface area contributed by atoms with Crippen LogP contribution in [0.25, 0.3) is 0 Å². The standard InChI is InChI=1S/C30H35N3O4S/c34-29(26-16-9-21-33(23-26)38(36,37)22-10-15-24-11-3-1-4-12-24)32-28-18-8-7-17-27(28)30(35)31-20-19-25-13-5-2-6-14-25/h1-8,11-14,17-18,26H,9-10,15-16,19-23H2,(H,31,35)(H,32,34)/t26-/m1/s1. The number of para-hydroxylation sites is 1. The van der Waals surface area contributed by atoms with Gasteiger partial charge in [-0.05, 0) is 55.4 Å². The van der Waals surface area contributed by atoms with E-state index in [1.54, 1.807) is 24.3 Å². The van der Waals surface area contributed by atoms with Crippen molar-refractivity contribution in [1.29, 1.82) is 0 Å². The van der Waals surface area contributed by atoms with Crippen LogP contribution in [0.3, 0.4) is 0 Å². The molecule has 1 fully saturated rings. The number of anilines is 1. The Kier molecular flexibility index (Phi) is 9.67. The maximum absolute atomic E-state index is 13.1. The summed E-state index contributed by atoms with van der Waals surface area (Å²) in [6, 6.07) is 26.6. The third-order valence-corrected chi connectivity index (χ3v) is 8.75. The van der Waals surface area contributed by atoms with E-state index in [9.17, 15) is 18.0 Å². The van der Waals surface area contributed by atoms with Gasteiger partial charge in [-0.15, -0.1) is 0 Å². The van der Waals surface area contributed by atoms with E-state index in [2.05, 4.69) is 10.6 Å². The highest BCUT2D eigenvalue weighted by Gasteiger charge is 2.32. The van der Waals surface area contributed by atoms with E-state index >= 15 is 0 Å². The summed E-state index contributed by atoms with van der Waals surface area (Å²) < 4.78 is 27.4. The minimum Gasteiger partial charge on any atom is -0.352 e. The Morgan fingerprint density at radius 3 is 2.18 bits per heavy atom. The second kappa shape index (κ2) is 13.3. The van der Waals surface area contributed by atoms with E-state index in [0.717, 1.165) is 11.1 Å². The van der Waals surface area contributed by atoms with Gasteiger partial charge in [-0.1, -0.05) is 72.8 Å². The van der Waals surface area contributed by atoms with Crippen LogP contribution in [0.2, 0.25) is 0 Å². The average Bonchev–Trinajstić information content (AvgIpc) is 2.94. The molecule has 0 aromatic heterocycles. The number of carbonyl (C=O) groups excluding carboxylic acids is 2. The van der Waals surface area contributed by atoms with E-state index in [1.165, 1.54) is 4.31 Å². The Balaban J connectivity index is 1.31. The molecule has 2 N–H and O–H groups in total. The maximum atomic E-state index is 13.1. The normalized spacial score (nSPS) is 16.1. The molecule has 200 valence electrons. The molecule has 1 heterocycles. The third kappa shape index (κ3) is 7.76. The van der Waals surface area contributed by atoms with Gasteiger partial charge in [0.05, 0.1) is 22.9 Å². The molecule has 4 rings (SSSR count). The van der Waals surface area contributed by atoms with Gasteiger partial charge in [0.15, 0.2) is 0 Å². The fourth-order valence-electron chi connectivity index (χ4n) is 4.73. The minimum atomic E-state index is -3.46. The maximum Gasteiger partial charge on any atom is 0.253 e. The smallest absolute Gasteiger partial charge is 0.253 e. The van der Waals surface area contributed by atoms with E-state index in [0.29, 0.717) is 56.4 Å². The second-order valence-electron chi connectivity index (χ2n) is 9.63. The Morgan fingerprint density at radius 2 is 1.47 bits per heavy atom. The monoisotopic (exact) mass is 533 g/mol. The molecular weight excluding hydrogens is 498 g/mol. The van der Waals surface area contributed by atoms with Gasteiger partial charge < -0.3 is 10.6 Å². The molecule has 1 aliphatic rings. The highest BCUT2D eigenvalue weighted by Crippen LogP contribution is 2.23. The summed E-state index contributed by atoms with van der Waals surface area (Å²) in [7, 11) is -3.46. The number of amides is 2. The van der Waals surface area contributed by atoms with Crippen molar-refractivity contribution < 1.29 is 18.0 Å². The predicted molar refractivity (Wildman–Crippen MR) is 150 cm³/mol. The van der Waals surface area contributed by atoms with Crippen molar-refractivity contribution in [1.82, 2.24) is 9.62 Å². The molecule has 1 saturated heterocycles. The summed E-state index contributed by atoms with van der Waals surface area (Å²) in [5.74, 6) is -0.939. The SMILES string of the molecule is O=C(NCCc1ccccc1)c1ccccc1NC(=O)[C@@H]1CCCN(S(=O)(=O)CCCc2ccccc2)C1. The molecule has 0 aliphatic carbocycles. The zero-order valence-electron chi connectivity index (χ0n) is 21.5. The lowest BCUT2D eigenvalue weighted by molar-refractivity contribution is -0.120. The van der Waals surface area contributed by atoms with Crippen molar-refractivity contribution in [2.24, 2.45) is 5.92 Å². The molecule has 8 heteroatoms. The van der Waals surface area contributed by atoms with Gasteiger partial charge in [0.25, 0.3) is 5.91 Å². The van der Waals surface area contributed by atoms with Gasteiger partial charge in [0.2, 0.25) is 15.9 Å². The Morgan fingerprint density at radius 1 is 0.842 bits per heavy atom. The average molecular weight is 534 g/mol.